The lowest BCUT2D eigenvalue weighted by atomic mass is 10.2. The Bertz CT molecular complexity index is 1040. The number of nitrogens with zero attached hydrogens (tertiary/aromatic N) is 2. The third kappa shape index (κ3) is 4.50. The molecule has 0 aliphatic heterocycles. The molecule has 132 valence electrons. The molecule has 0 spiro atoms. The number of fused-ring (bicyclic) bond motifs is 1. The molecule has 4 rings (SSSR count). The molecule has 0 unspecified atom stereocenters. The van der Waals surface area contributed by atoms with Gasteiger partial charge in [0.05, 0.1) is 11.7 Å². The van der Waals surface area contributed by atoms with Crippen molar-refractivity contribution in [2.75, 3.05) is 5.43 Å². The summed E-state index contributed by atoms with van der Waals surface area (Å²) in [5.74, 6) is 1.55. The number of aromatic nitrogens is 1. The first-order valence-corrected chi connectivity index (χ1v) is 8.78. The van der Waals surface area contributed by atoms with Crippen LogP contribution in [0.15, 0.2) is 96.1 Å². The number of benzene rings is 3. The van der Waals surface area contributed by atoms with Crippen molar-refractivity contribution in [2.24, 2.45) is 5.10 Å². The van der Waals surface area contributed by atoms with E-state index in [0.717, 1.165) is 27.8 Å². The summed E-state index contributed by atoms with van der Waals surface area (Å²) in [5, 5.41) is 5.37. The lowest BCUT2D eigenvalue weighted by molar-refractivity contribution is 0.306. The average molecular weight is 353 g/mol. The molecule has 27 heavy (non-hydrogen) atoms. The molecule has 0 bridgehead atoms. The third-order valence-electron chi connectivity index (χ3n) is 4.12. The van der Waals surface area contributed by atoms with Crippen molar-refractivity contribution in [3.8, 4) is 5.75 Å². The highest BCUT2D eigenvalue weighted by molar-refractivity contribution is 5.81. The zero-order valence-electron chi connectivity index (χ0n) is 14.7. The van der Waals surface area contributed by atoms with Gasteiger partial charge in [-0.3, -0.25) is 5.43 Å². The molecule has 4 nitrogen and oxygen atoms in total. The maximum Gasteiger partial charge on any atom is 0.146 e. The van der Waals surface area contributed by atoms with Gasteiger partial charge in [-0.25, -0.2) is 4.98 Å². The van der Waals surface area contributed by atoms with Gasteiger partial charge in [-0.1, -0.05) is 48.5 Å². The number of para-hydroxylation sites is 1. The van der Waals surface area contributed by atoms with Gasteiger partial charge in [0.15, 0.2) is 0 Å². The van der Waals surface area contributed by atoms with Crippen LogP contribution in [0.3, 0.4) is 0 Å². The Kier molecular flexibility index (Phi) is 5.07. The number of pyridine rings is 1. The lowest BCUT2D eigenvalue weighted by Crippen LogP contribution is -1.96. The molecular weight excluding hydrogens is 334 g/mol. The van der Waals surface area contributed by atoms with E-state index in [2.05, 4.69) is 15.5 Å². The van der Waals surface area contributed by atoms with Crippen LogP contribution in [0.2, 0.25) is 0 Å². The number of anilines is 1. The van der Waals surface area contributed by atoms with E-state index >= 15 is 0 Å². The van der Waals surface area contributed by atoms with E-state index in [4.69, 9.17) is 4.74 Å². The maximum absolute atomic E-state index is 5.79. The van der Waals surface area contributed by atoms with Gasteiger partial charge in [-0.15, -0.1) is 0 Å². The van der Waals surface area contributed by atoms with Crippen LogP contribution in [0.1, 0.15) is 11.1 Å². The van der Waals surface area contributed by atoms with Crippen molar-refractivity contribution < 1.29 is 4.74 Å². The van der Waals surface area contributed by atoms with Crippen LogP contribution in [-0.2, 0) is 6.61 Å². The van der Waals surface area contributed by atoms with E-state index in [0.29, 0.717) is 12.4 Å². The Morgan fingerprint density at radius 3 is 2.44 bits per heavy atom. The first-order valence-electron chi connectivity index (χ1n) is 8.78. The third-order valence-corrected chi connectivity index (χ3v) is 4.12. The molecule has 0 aliphatic carbocycles. The van der Waals surface area contributed by atoms with Crippen LogP contribution in [0.25, 0.3) is 10.9 Å². The van der Waals surface area contributed by atoms with E-state index in [1.54, 1.807) is 6.21 Å². The van der Waals surface area contributed by atoms with Gasteiger partial charge in [0, 0.05) is 5.39 Å². The van der Waals surface area contributed by atoms with Crippen molar-refractivity contribution in [1.29, 1.82) is 0 Å². The zero-order valence-corrected chi connectivity index (χ0v) is 14.7. The van der Waals surface area contributed by atoms with Crippen molar-refractivity contribution in [1.82, 2.24) is 4.98 Å². The highest BCUT2D eigenvalue weighted by atomic mass is 16.5. The fourth-order valence-corrected chi connectivity index (χ4v) is 2.69. The molecule has 1 N–H and O–H groups in total. The Balaban J connectivity index is 1.34. The summed E-state index contributed by atoms with van der Waals surface area (Å²) >= 11 is 0. The molecule has 1 heterocycles. The summed E-state index contributed by atoms with van der Waals surface area (Å²) in [4.78, 5) is 4.53. The van der Waals surface area contributed by atoms with Gasteiger partial charge in [0.2, 0.25) is 0 Å². The highest BCUT2D eigenvalue weighted by Gasteiger charge is 1.97. The number of nitrogens with one attached hydrogen (secondary N) is 1. The smallest absolute Gasteiger partial charge is 0.146 e. The first-order chi connectivity index (χ1) is 13.4. The number of hydrogen-bond donors (Lipinski definition) is 1. The van der Waals surface area contributed by atoms with Gasteiger partial charge in [-0.05, 0) is 53.6 Å². The average Bonchev–Trinajstić information content (AvgIpc) is 2.74. The minimum Gasteiger partial charge on any atom is -0.489 e. The molecule has 0 fully saturated rings. The predicted octanol–water partition coefficient (Wildman–Crippen LogP) is 5.26. The summed E-state index contributed by atoms with van der Waals surface area (Å²) < 4.78 is 5.79. The highest BCUT2D eigenvalue weighted by Crippen LogP contribution is 2.15. The number of rotatable bonds is 6. The van der Waals surface area contributed by atoms with E-state index in [1.165, 1.54) is 0 Å². The molecular formula is C23H19N3O. The van der Waals surface area contributed by atoms with Crippen LogP contribution in [0.4, 0.5) is 5.82 Å². The molecule has 1 aromatic heterocycles. The maximum atomic E-state index is 5.79. The molecule has 0 amide bonds. The Morgan fingerprint density at radius 2 is 1.59 bits per heavy atom. The van der Waals surface area contributed by atoms with Crippen molar-refractivity contribution in [2.45, 2.75) is 6.61 Å². The summed E-state index contributed by atoms with van der Waals surface area (Å²) in [6.45, 7) is 0.559. The standard InChI is InChI=1S/C23H19N3O/c1-2-6-19(7-3-1)17-27-21-13-10-18(11-14-21)16-24-26-23-15-12-20-8-4-5-9-22(20)25-23/h1-16H,17H2,(H,25,26)/b24-16-. The zero-order chi connectivity index (χ0) is 18.3. The van der Waals surface area contributed by atoms with Gasteiger partial charge in [0.25, 0.3) is 0 Å². The summed E-state index contributed by atoms with van der Waals surface area (Å²) in [7, 11) is 0. The number of hydrazone groups is 1. The molecule has 0 atom stereocenters. The van der Waals surface area contributed by atoms with Crippen LogP contribution in [0, 0.1) is 0 Å². The fraction of sp³-hybridized carbons (Fsp3) is 0.0435. The van der Waals surface area contributed by atoms with Crippen molar-refractivity contribution in [3.63, 3.8) is 0 Å². The predicted molar refractivity (Wildman–Crippen MR) is 110 cm³/mol. The number of hydrogen-bond acceptors (Lipinski definition) is 4. The fourth-order valence-electron chi connectivity index (χ4n) is 2.69. The van der Waals surface area contributed by atoms with E-state index < -0.39 is 0 Å². The lowest BCUT2D eigenvalue weighted by Gasteiger charge is -2.06. The Labute approximate surface area is 158 Å². The van der Waals surface area contributed by atoms with E-state index in [9.17, 15) is 0 Å². The van der Waals surface area contributed by atoms with Gasteiger partial charge in [-0.2, -0.15) is 5.10 Å². The normalized spacial score (nSPS) is 11.0. The Hall–Kier alpha value is -3.66. The molecule has 4 aromatic rings. The summed E-state index contributed by atoms with van der Waals surface area (Å²) in [5.41, 5.74) is 6.05. The molecule has 0 aliphatic rings. The molecule has 0 radical (unpaired) electrons. The van der Waals surface area contributed by atoms with Crippen LogP contribution < -0.4 is 10.2 Å². The second-order valence-corrected chi connectivity index (χ2v) is 6.10. The molecule has 4 heteroatoms. The molecule has 3 aromatic carbocycles. The molecule has 0 saturated carbocycles. The molecule has 0 saturated heterocycles. The van der Waals surface area contributed by atoms with Crippen LogP contribution >= 0.6 is 0 Å². The van der Waals surface area contributed by atoms with Gasteiger partial charge < -0.3 is 4.74 Å². The largest absolute Gasteiger partial charge is 0.489 e. The minimum atomic E-state index is 0.559. The topological polar surface area (TPSA) is 46.5 Å². The van der Waals surface area contributed by atoms with Crippen molar-refractivity contribution >= 4 is 22.9 Å². The van der Waals surface area contributed by atoms with E-state index in [-0.39, 0.29) is 0 Å². The second-order valence-electron chi connectivity index (χ2n) is 6.10. The minimum absolute atomic E-state index is 0.559. The van der Waals surface area contributed by atoms with Crippen LogP contribution in [-0.4, -0.2) is 11.2 Å². The second kappa shape index (κ2) is 8.15. The van der Waals surface area contributed by atoms with Crippen molar-refractivity contribution in [3.05, 3.63) is 102 Å². The SMILES string of the molecule is C(=N/Nc1ccc2ccccc2n1)/c1ccc(OCc2ccccc2)cc1. The summed E-state index contributed by atoms with van der Waals surface area (Å²) in [6, 6.07) is 29.9. The van der Waals surface area contributed by atoms with Gasteiger partial charge >= 0.3 is 0 Å². The first kappa shape index (κ1) is 16.8. The monoisotopic (exact) mass is 353 g/mol. The summed E-state index contributed by atoms with van der Waals surface area (Å²) in [6.07, 6.45) is 1.76. The Morgan fingerprint density at radius 1 is 0.815 bits per heavy atom. The van der Waals surface area contributed by atoms with Crippen LogP contribution in [0.5, 0.6) is 5.75 Å². The quantitative estimate of drug-likeness (QED) is 0.380. The van der Waals surface area contributed by atoms with Gasteiger partial charge in [0.1, 0.15) is 18.2 Å². The van der Waals surface area contributed by atoms with E-state index in [1.807, 2.05) is 91.0 Å². The number of ether oxygens (including phenoxy) is 1.